The molecule has 22 heavy (non-hydrogen) atoms. The fourth-order valence-corrected chi connectivity index (χ4v) is 2.01. The lowest BCUT2D eigenvalue weighted by Crippen LogP contribution is -2.32. The van der Waals surface area contributed by atoms with Gasteiger partial charge in [-0.05, 0) is 24.0 Å². The molecule has 0 saturated carbocycles. The van der Waals surface area contributed by atoms with Gasteiger partial charge in [0.15, 0.2) is 5.69 Å². The summed E-state index contributed by atoms with van der Waals surface area (Å²) in [5.74, 6) is 0.820. The van der Waals surface area contributed by atoms with Crippen molar-refractivity contribution in [2.45, 2.75) is 32.7 Å². The van der Waals surface area contributed by atoms with E-state index in [0.29, 0.717) is 18.2 Å². The minimum absolute atomic E-state index is 0. The Bertz CT molecular complexity index is 608. The Morgan fingerprint density at radius 1 is 1.27 bits per heavy atom. The zero-order valence-electron chi connectivity index (χ0n) is 13.0. The Kier molecular flexibility index (Phi) is 6.59. The molecule has 0 radical (unpaired) electrons. The fourth-order valence-electron chi connectivity index (χ4n) is 2.01. The molecule has 0 aliphatic heterocycles. The van der Waals surface area contributed by atoms with Crippen LogP contribution in [-0.4, -0.2) is 17.6 Å². The molecule has 1 aromatic heterocycles. The summed E-state index contributed by atoms with van der Waals surface area (Å²) in [4.78, 5) is 11.8. The van der Waals surface area contributed by atoms with E-state index in [0.717, 1.165) is 5.56 Å². The van der Waals surface area contributed by atoms with E-state index in [2.05, 4.69) is 36.5 Å². The number of hydrogen-bond donors (Lipinski definition) is 2. The van der Waals surface area contributed by atoms with Crippen molar-refractivity contribution in [2.75, 3.05) is 6.54 Å². The number of hydrogen-bond acceptors (Lipinski definition) is 4. The lowest BCUT2D eigenvalue weighted by atomic mass is 9.99. The number of rotatable bonds is 5. The van der Waals surface area contributed by atoms with E-state index in [9.17, 15) is 4.79 Å². The molecule has 1 atom stereocenters. The third kappa shape index (κ3) is 4.58. The van der Waals surface area contributed by atoms with Gasteiger partial charge in [0.1, 0.15) is 5.76 Å². The van der Waals surface area contributed by atoms with Crippen molar-refractivity contribution in [3.63, 3.8) is 0 Å². The zero-order valence-corrected chi connectivity index (χ0v) is 13.8. The lowest BCUT2D eigenvalue weighted by molar-refractivity contribution is 0.0942. The van der Waals surface area contributed by atoms with E-state index in [-0.39, 0.29) is 30.0 Å². The zero-order chi connectivity index (χ0) is 15.4. The van der Waals surface area contributed by atoms with E-state index in [1.54, 1.807) is 13.0 Å². The highest BCUT2D eigenvalue weighted by atomic mass is 35.5. The second-order valence-corrected chi connectivity index (χ2v) is 5.46. The molecule has 0 spiro atoms. The van der Waals surface area contributed by atoms with Crippen LogP contribution in [0.2, 0.25) is 0 Å². The van der Waals surface area contributed by atoms with Gasteiger partial charge in [-0.3, -0.25) is 4.79 Å². The van der Waals surface area contributed by atoms with Gasteiger partial charge in [-0.2, -0.15) is 0 Å². The van der Waals surface area contributed by atoms with Crippen LogP contribution in [0.4, 0.5) is 0 Å². The molecule has 3 N–H and O–H groups in total. The van der Waals surface area contributed by atoms with Crippen molar-refractivity contribution in [2.24, 2.45) is 5.73 Å². The maximum absolute atomic E-state index is 11.8. The molecule has 1 heterocycles. The third-order valence-corrected chi connectivity index (χ3v) is 3.37. The molecule has 2 rings (SSSR count). The summed E-state index contributed by atoms with van der Waals surface area (Å²) in [6.45, 7) is 6.39. The largest absolute Gasteiger partial charge is 0.361 e. The third-order valence-electron chi connectivity index (χ3n) is 3.37. The van der Waals surface area contributed by atoms with Crippen molar-refractivity contribution < 1.29 is 9.32 Å². The van der Waals surface area contributed by atoms with Gasteiger partial charge in [0.25, 0.3) is 5.91 Å². The maximum Gasteiger partial charge on any atom is 0.273 e. The van der Waals surface area contributed by atoms with Crippen LogP contribution in [0.1, 0.15) is 53.2 Å². The molecule has 1 aromatic carbocycles. The molecule has 120 valence electrons. The Balaban J connectivity index is 0.00000242. The SMILES string of the molecule is Cc1cc(C(=O)NCC(N)c2ccc(C(C)C)cc2)no1.Cl. The van der Waals surface area contributed by atoms with Crippen LogP contribution in [0.5, 0.6) is 0 Å². The number of amides is 1. The summed E-state index contributed by atoms with van der Waals surface area (Å²) < 4.78 is 4.87. The van der Waals surface area contributed by atoms with E-state index in [1.807, 2.05) is 12.1 Å². The number of nitrogens with two attached hydrogens (primary N) is 1. The van der Waals surface area contributed by atoms with E-state index >= 15 is 0 Å². The minimum atomic E-state index is -0.277. The predicted octanol–water partition coefficient (Wildman–Crippen LogP) is 2.96. The number of carbonyl (C=O) groups excluding carboxylic acids is 1. The van der Waals surface area contributed by atoms with E-state index in [1.165, 1.54) is 5.56 Å². The summed E-state index contributed by atoms with van der Waals surface area (Å²) in [6.07, 6.45) is 0. The number of benzene rings is 1. The van der Waals surface area contributed by atoms with Crippen LogP contribution >= 0.6 is 12.4 Å². The first kappa shape index (κ1) is 18.2. The van der Waals surface area contributed by atoms with Crippen molar-refractivity contribution in [3.05, 3.63) is 52.9 Å². The molecule has 0 aliphatic rings. The van der Waals surface area contributed by atoms with Gasteiger partial charge in [-0.15, -0.1) is 12.4 Å². The monoisotopic (exact) mass is 323 g/mol. The average Bonchev–Trinajstić information content (AvgIpc) is 2.91. The van der Waals surface area contributed by atoms with Gasteiger partial charge >= 0.3 is 0 Å². The number of carbonyl (C=O) groups is 1. The number of aromatic nitrogens is 1. The molecule has 2 aromatic rings. The van der Waals surface area contributed by atoms with Gasteiger partial charge in [0.05, 0.1) is 0 Å². The number of aryl methyl sites for hydroxylation is 1. The summed E-state index contributed by atoms with van der Waals surface area (Å²) in [6, 6.07) is 9.51. The first-order chi connectivity index (χ1) is 9.97. The Morgan fingerprint density at radius 2 is 1.86 bits per heavy atom. The Morgan fingerprint density at radius 3 is 2.36 bits per heavy atom. The van der Waals surface area contributed by atoms with Crippen LogP contribution in [0, 0.1) is 6.92 Å². The quantitative estimate of drug-likeness (QED) is 0.886. The van der Waals surface area contributed by atoms with Gasteiger partial charge < -0.3 is 15.6 Å². The van der Waals surface area contributed by atoms with E-state index < -0.39 is 0 Å². The highest BCUT2D eigenvalue weighted by Gasteiger charge is 2.13. The number of nitrogens with one attached hydrogen (secondary N) is 1. The summed E-state index contributed by atoms with van der Waals surface area (Å²) in [5, 5.41) is 6.43. The van der Waals surface area contributed by atoms with Crippen molar-refractivity contribution in [1.82, 2.24) is 10.5 Å². The molecule has 0 bridgehead atoms. The van der Waals surface area contributed by atoms with Gasteiger partial charge in [-0.1, -0.05) is 43.3 Å². The fraction of sp³-hybridized carbons (Fsp3) is 0.375. The van der Waals surface area contributed by atoms with Gasteiger partial charge in [0.2, 0.25) is 0 Å². The summed E-state index contributed by atoms with van der Waals surface area (Å²) in [7, 11) is 0. The first-order valence-corrected chi connectivity index (χ1v) is 7.04. The predicted molar refractivity (Wildman–Crippen MR) is 88.3 cm³/mol. The molecule has 1 unspecified atom stereocenters. The van der Waals surface area contributed by atoms with Crippen molar-refractivity contribution in [3.8, 4) is 0 Å². The highest BCUT2D eigenvalue weighted by molar-refractivity contribution is 5.92. The Labute approximate surface area is 136 Å². The van der Waals surface area contributed by atoms with Crippen LogP contribution in [0.25, 0.3) is 0 Å². The highest BCUT2D eigenvalue weighted by Crippen LogP contribution is 2.17. The van der Waals surface area contributed by atoms with Crippen molar-refractivity contribution in [1.29, 1.82) is 0 Å². The van der Waals surface area contributed by atoms with Gasteiger partial charge in [0, 0.05) is 18.7 Å². The second kappa shape index (κ2) is 7.96. The average molecular weight is 324 g/mol. The molecular weight excluding hydrogens is 302 g/mol. The van der Waals surface area contributed by atoms with E-state index in [4.69, 9.17) is 10.3 Å². The first-order valence-electron chi connectivity index (χ1n) is 7.04. The van der Waals surface area contributed by atoms with Crippen LogP contribution < -0.4 is 11.1 Å². The second-order valence-electron chi connectivity index (χ2n) is 5.46. The molecule has 0 fully saturated rings. The molecule has 0 aliphatic carbocycles. The molecule has 1 amide bonds. The normalized spacial score (nSPS) is 11.9. The maximum atomic E-state index is 11.8. The summed E-state index contributed by atoms with van der Waals surface area (Å²) in [5.41, 5.74) is 8.63. The van der Waals surface area contributed by atoms with Crippen LogP contribution in [0.15, 0.2) is 34.9 Å². The minimum Gasteiger partial charge on any atom is -0.361 e. The van der Waals surface area contributed by atoms with Crippen molar-refractivity contribution >= 4 is 18.3 Å². The molecule has 0 saturated heterocycles. The van der Waals surface area contributed by atoms with Crippen LogP contribution in [0.3, 0.4) is 0 Å². The summed E-state index contributed by atoms with van der Waals surface area (Å²) >= 11 is 0. The molecular formula is C16H22ClN3O2. The number of nitrogens with zero attached hydrogens (tertiary/aromatic N) is 1. The van der Waals surface area contributed by atoms with Crippen LogP contribution in [-0.2, 0) is 0 Å². The topological polar surface area (TPSA) is 81.2 Å². The van der Waals surface area contributed by atoms with Gasteiger partial charge in [-0.25, -0.2) is 0 Å². The standard InChI is InChI=1S/C16H21N3O2.ClH/c1-10(2)12-4-6-13(7-5-12)14(17)9-18-16(20)15-8-11(3)21-19-15;/h4-8,10,14H,9,17H2,1-3H3,(H,18,20);1H. The lowest BCUT2D eigenvalue weighted by Gasteiger charge is -2.14. The molecule has 6 heteroatoms. The smallest absolute Gasteiger partial charge is 0.273 e. The Hall–Kier alpha value is -1.85. The molecule has 5 nitrogen and oxygen atoms in total. The number of halogens is 1.